The lowest BCUT2D eigenvalue weighted by molar-refractivity contribution is 0.0160. The molecular formula is C16H12FN3O2. The van der Waals surface area contributed by atoms with E-state index in [9.17, 15) is 9.18 Å². The lowest BCUT2D eigenvalue weighted by Gasteiger charge is -2.38. The van der Waals surface area contributed by atoms with E-state index in [1.54, 1.807) is 17.0 Å². The van der Waals surface area contributed by atoms with E-state index in [1.807, 2.05) is 6.07 Å². The molecule has 110 valence electrons. The van der Waals surface area contributed by atoms with Crippen LogP contribution >= 0.6 is 0 Å². The van der Waals surface area contributed by atoms with Gasteiger partial charge in [-0.2, -0.15) is 5.26 Å². The van der Waals surface area contributed by atoms with E-state index in [2.05, 4.69) is 4.98 Å². The highest BCUT2D eigenvalue weighted by atomic mass is 19.1. The SMILES string of the molecule is N#Cc1ccnc(OC2CN(C(=O)c3ccc(F)cc3)C2)c1. The number of carbonyl (C=O) groups excluding carboxylic acids is 1. The van der Waals surface area contributed by atoms with Gasteiger partial charge in [-0.25, -0.2) is 9.37 Å². The topological polar surface area (TPSA) is 66.2 Å². The molecule has 1 aromatic heterocycles. The van der Waals surface area contributed by atoms with E-state index in [0.717, 1.165) is 0 Å². The van der Waals surface area contributed by atoms with E-state index in [-0.39, 0.29) is 17.8 Å². The molecule has 6 heteroatoms. The fourth-order valence-corrected chi connectivity index (χ4v) is 2.17. The number of nitriles is 1. The Morgan fingerprint density at radius 1 is 1.32 bits per heavy atom. The maximum atomic E-state index is 12.8. The van der Waals surface area contributed by atoms with Crippen LogP contribution in [0, 0.1) is 17.1 Å². The van der Waals surface area contributed by atoms with Crippen LogP contribution < -0.4 is 4.74 Å². The summed E-state index contributed by atoms with van der Waals surface area (Å²) in [5, 5.41) is 8.81. The molecule has 0 atom stereocenters. The molecule has 1 saturated heterocycles. The average Bonchev–Trinajstić information content (AvgIpc) is 2.51. The molecule has 0 spiro atoms. The van der Waals surface area contributed by atoms with Gasteiger partial charge in [0.15, 0.2) is 0 Å². The number of nitrogens with zero attached hydrogens (tertiary/aromatic N) is 3. The highest BCUT2D eigenvalue weighted by Crippen LogP contribution is 2.19. The summed E-state index contributed by atoms with van der Waals surface area (Å²) >= 11 is 0. The normalized spacial score (nSPS) is 14.1. The molecule has 0 unspecified atom stereocenters. The van der Waals surface area contributed by atoms with Crippen LogP contribution in [0.25, 0.3) is 0 Å². The average molecular weight is 297 g/mol. The lowest BCUT2D eigenvalue weighted by Crippen LogP contribution is -2.56. The number of rotatable bonds is 3. The second-order valence-corrected chi connectivity index (χ2v) is 4.95. The third-order valence-electron chi connectivity index (χ3n) is 3.38. The Morgan fingerprint density at radius 3 is 2.73 bits per heavy atom. The molecule has 2 aromatic rings. The van der Waals surface area contributed by atoms with Gasteiger partial charge in [-0.05, 0) is 30.3 Å². The van der Waals surface area contributed by atoms with Gasteiger partial charge < -0.3 is 9.64 Å². The summed E-state index contributed by atoms with van der Waals surface area (Å²) in [5.41, 5.74) is 0.924. The minimum atomic E-state index is -0.371. The molecule has 0 N–H and O–H groups in total. The smallest absolute Gasteiger partial charge is 0.254 e. The monoisotopic (exact) mass is 297 g/mol. The molecule has 22 heavy (non-hydrogen) atoms. The summed E-state index contributed by atoms with van der Waals surface area (Å²) in [6, 6.07) is 10.6. The van der Waals surface area contributed by atoms with Gasteiger partial charge in [0.1, 0.15) is 11.9 Å². The van der Waals surface area contributed by atoms with Crippen LogP contribution in [-0.2, 0) is 0 Å². The van der Waals surface area contributed by atoms with Gasteiger partial charge in [0.05, 0.1) is 24.7 Å². The molecule has 1 aromatic carbocycles. The summed E-state index contributed by atoms with van der Waals surface area (Å²) in [6.45, 7) is 0.878. The van der Waals surface area contributed by atoms with Crippen molar-refractivity contribution in [3.63, 3.8) is 0 Å². The molecule has 0 radical (unpaired) electrons. The van der Waals surface area contributed by atoms with Gasteiger partial charge in [0, 0.05) is 17.8 Å². The number of hydrogen-bond acceptors (Lipinski definition) is 4. The molecular weight excluding hydrogens is 285 g/mol. The first kappa shape index (κ1) is 14.0. The van der Waals surface area contributed by atoms with Gasteiger partial charge in [-0.3, -0.25) is 4.79 Å². The van der Waals surface area contributed by atoms with Gasteiger partial charge in [-0.1, -0.05) is 0 Å². The Balaban J connectivity index is 1.56. The van der Waals surface area contributed by atoms with Crippen molar-refractivity contribution >= 4 is 5.91 Å². The summed E-state index contributed by atoms with van der Waals surface area (Å²) in [7, 11) is 0. The van der Waals surface area contributed by atoms with Crippen LogP contribution in [-0.4, -0.2) is 35.0 Å². The molecule has 1 fully saturated rings. The molecule has 0 bridgehead atoms. The van der Waals surface area contributed by atoms with E-state index in [4.69, 9.17) is 10.00 Å². The predicted molar refractivity (Wildman–Crippen MR) is 75.7 cm³/mol. The molecule has 2 heterocycles. The summed E-state index contributed by atoms with van der Waals surface area (Å²) in [4.78, 5) is 17.8. The Morgan fingerprint density at radius 2 is 2.05 bits per heavy atom. The molecule has 3 rings (SSSR count). The number of amides is 1. The van der Waals surface area contributed by atoms with Crippen molar-refractivity contribution in [2.24, 2.45) is 0 Å². The minimum absolute atomic E-state index is 0.147. The van der Waals surface area contributed by atoms with Crippen molar-refractivity contribution in [2.45, 2.75) is 6.10 Å². The zero-order valence-electron chi connectivity index (χ0n) is 11.6. The molecule has 5 nitrogen and oxygen atoms in total. The summed E-state index contributed by atoms with van der Waals surface area (Å²) in [5.74, 6) is -0.152. The van der Waals surface area contributed by atoms with Crippen molar-refractivity contribution < 1.29 is 13.9 Å². The van der Waals surface area contributed by atoms with Crippen molar-refractivity contribution in [1.82, 2.24) is 9.88 Å². The van der Waals surface area contributed by atoms with Crippen LogP contribution in [0.3, 0.4) is 0 Å². The van der Waals surface area contributed by atoms with Crippen molar-refractivity contribution in [1.29, 1.82) is 5.26 Å². The van der Waals surface area contributed by atoms with Crippen LogP contribution in [0.5, 0.6) is 5.88 Å². The van der Waals surface area contributed by atoms with Crippen molar-refractivity contribution in [2.75, 3.05) is 13.1 Å². The van der Waals surface area contributed by atoms with Crippen LogP contribution in [0.4, 0.5) is 4.39 Å². The number of pyridine rings is 1. The van der Waals surface area contributed by atoms with Crippen molar-refractivity contribution in [3.05, 3.63) is 59.5 Å². The Labute approximate surface area is 126 Å². The van der Waals surface area contributed by atoms with E-state index in [1.165, 1.54) is 30.5 Å². The van der Waals surface area contributed by atoms with Gasteiger partial charge in [0.25, 0.3) is 5.91 Å². The Hall–Kier alpha value is -2.94. The highest BCUT2D eigenvalue weighted by molar-refractivity contribution is 5.94. The molecule has 0 aliphatic carbocycles. The second kappa shape index (κ2) is 5.82. The molecule has 1 aliphatic heterocycles. The third kappa shape index (κ3) is 2.88. The van der Waals surface area contributed by atoms with E-state index in [0.29, 0.717) is 30.1 Å². The van der Waals surface area contributed by atoms with Gasteiger partial charge in [0.2, 0.25) is 5.88 Å². The van der Waals surface area contributed by atoms with Gasteiger partial charge in [-0.15, -0.1) is 0 Å². The Bertz CT molecular complexity index is 734. The number of carbonyl (C=O) groups is 1. The zero-order valence-corrected chi connectivity index (χ0v) is 11.6. The summed E-state index contributed by atoms with van der Waals surface area (Å²) in [6.07, 6.45) is 1.36. The van der Waals surface area contributed by atoms with Crippen LogP contribution in [0.1, 0.15) is 15.9 Å². The standard InChI is InChI=1S/C16H12FN3O2/c17-13-3-1-12(2-4-13)16(21)20-9-14(10-20)22-15-7-11(8-18)5-6-19-15/h1-7,14H,9-10H2. The summed E-state index contributed by atoms with van der Waals surface area (Å²) < 4.78 is 18.5. The molecule has 1 amide bonds. The molecule has 0 saturated carbocycles. The number of ether oxygens (including phenoxy) is 1. The number of aromatic nitrogens is 1. The lowest BCUT2D eigenvalue weighted by atomic mass is 10.1. The first-order valence-corrected chi connectivity index (χ1v) is 6.73. The number of halogens is 1. The van der Waals surface area contributed by atoms with Crippen LogP contribution in [0.15, 0.2) is 42.6 Å². The van der Waals surface area contributed by atoms with E-state index >= 15 is 0 Å². The fourth-order valence-electron chi connectivity index (χ4n) is 2.17. The first-order valence-electron chi connectivity index (χ1n) is 6.73. The predicted octanol–water partition coefficient (Wildman–Crippen LogP) is 2.00. The van der Waals surface area contributed by atoms with E-state index < -0.39 is 0 Å². The minimum Gasteiger partial charge on any atom is -0.471 e. The number of hydrogen-bond donors (Lipinski definition) is 0. The maximum absolute atomic E-state index is 12.8. The highest BCUT2D eigenvalue weighted by Gasteiger charge is 2.33. The largest absolute Gasteiger partial charge is 0.471 e. The van der Waals surface area contributed by atoms with Crippen LogP contribution in [0.2, 0.25) is 0 Å². The quantitative estimate of drug-likeness (QED) is 0.869. The maximum Gasteiger partial charge on any atom is 0.254 e. The Kier molecular flexibility index (Phi) is 3.71. The first-order chi connectivity index (χ1) is 10.7. The number of benzene rings is 1. The molecule has 1 aliphatic rings. The zero-order chi connectivity index (χ0) is 15.5. The van der Waals surface area contributed by atoms with Gasteiger partial charge >= 0.3 is 0 Å². The van der Waals surface area contributed by atoms with Crippen molar-refractivity contribution in [3.8, 4) is 11.9 Å². The number of likely N-dealkylation sites (tertiary alicyclic amines) is 1. The second-order valence-electron chi connectivity index (χ2n) is 4.95. The fraction of sp³-hybridized carbons (Fsp3) is 0.188. The third-order valence-corrected chi connectivity index (χ3v) is 3.38.